The van der Waals surface area contributed by atoms with Crippen molar-refractivity contribution in [2.24, 2.45) is 0 Å². The van der Waals surface area contributed by atoms with Gasteiger partial charge in [-0.05, 0) is 31.5 Å². The molecule has 0 bridgehead atoms. The highest BCUT2D eigenvalue weighted by Gasteiger charge is 2.64. The molecule has 6 atom stereocenters. The van der Waals surface area contributed by atoms with E-state index in [1.165, 1.54) is 6.33 Å². The topological polar surface area (TPSA) is 168 Å². The Morgan fingerprint density at radius 3 is 2.85 bits per heavy atom. The van der Waals surface area contributed by atoms with Gasteiger partial charge in [0.15, 0.2) is 29.1 Å². The van der Waals surface area contributed by atoms with Crippen LogP contribution in [0.15, 0.2) is 30.6 Å². The number of phosphoric acid groups is 1. The molecular formula is C23H25ClN5O9P. The number of hydrogen-bond donors (Lipinski definition) is 1. The summed E-state index contributed by atoms with van der Waals surface area (Å²) in [6.45, 7) is 3.63. The number of rotatable bonds is 7. The fourth-order valence-corrected chi connectivity index (χ4v) is 6.47. The quantitative estimate of drug-likeness (QED) is 0.314. The summed E-state index contributed by atoms with van der Waals surface area (Å²) in [5.41, 5.74) is 5.93. The highest BCUT2D eigenvalue weighted by molar-refractivity contribution is 7.48. The molecule has 0 aliphatic carbocycles. The smallest absolute Gasteiger partial charge is 0.476 e. The Bertz CT molecular complexity index is 1460. The number of carbonyl (C=O) groups is 1. The number of phosphoric ester groups is 1. The van der Waals surface area contributed by atoms with Gasteiger partial charge < -0.3 is 24.7 Å². The van der Waals surface area contributed by atoms with E-state index in [0.717, 1.165) is 5.56 Å². The molecule has 3 aliphatic heterocycles. The maximum Gasteiger partial charge on any atom is 0.509 e. The van der Waals surface area contributed by atoms with Crippen molar-refractivity contribution in [1.82, 2.24) is 19.5 Å². The van der Waals surface area contributed by atoms with Gasteiger partial charge >= 0.3 is 14.0 Å². The summed E-state index contributed by atoms with van der Waals surface area (Å²) in [6.07, 6.45) is -2.23. The molecule has 208 valence electrons. The number of halogens is 1. The van der Waals surface area contributed by atoms with Crippen molar-refractivity contribution in [3.8, 4) is 5.88 Å². The molecule has 3 aliphatic rings. The van der Waals surface area contributed by atoms with Crippen LogP contribution in [0.25, 0.3) is 11.2 Å². The maximum absolute atomic E-state index is 13.4. The monoisotopic (exact) mass is 581 g/mol. The Labute approximate surface area is 227 Å². The normalized spacial score (nSPS) is 32.1. The molecule has 1 aromatic carbocycles. The number of carbonyl (C=O) groups excluding carboxylic acids is 1. The second-order valence-corrected chi connectivity index (χ2v) is 11.3. The minimum Gasteiger partial charge on any atom is -0.476 e. The number of imidazole rings is 1. The van der Waals surface area contributed by atoms with Gasteiger partial charge in [-0.25, -0.2) is 14.3 Å². The van der Waals surface area contributed by atoms with Gasteiger partial charge in [0.2, 0.25) is 11.8 Å². The van der Waals surface area contributed by atoms with Crippen LogP contribution in [-0.2, 0) is 32.3 Å². The molecule has 0 spiro atoms. The zero-order valence-corrected chi connectivity index (χ0v) is 22.5. The number of fused-ring (bicyclic) bond motifs is 2. The van der Waals surface area contributed by atoms with Crippen molar-refractivity contribution in [2.75, 3.05) is 25.6 Å². The molecule has 0 radical (unpaired) electrons. The van der Waals surface area contributed by atoms with Crippen LogP contribution in [0.3, 0.4) is 0 Å². The standard InChI is InChI=1S/C23H25ClN5O9P/c1-3-32-19-16-18(27-21(25)28-19)26-11-29(16)20-23(2)17(36-22(30)37-23)15(35-20)10-34-39(31)33-9-8-14(38-39)12-4-6-13(24)7-5-12/h4-7,11,14-15,17,20H,3,8-10H2,1-2H3,(H2,25,27,28)/t14-,15+,17+,20+,23+,39+/m0/s1. The first-order valence-corrected chi connectivity index (χ1v) is 14.0. The largest absolute Gasteiger partial charge is 0.509 e. The third-order valence-corrected chi connectivity index (χ3v) is 8.42. The van der Waals surface area contributed by atoms with Gasteiger partial charge in [0.1, 0.15) is 12.4 Å². The fraction of sp³-hybridized carbons (Fsp3) is 0.478. The lowest BCUT2D eigenvalue weighted by Crippen LogP contribution is -2.42. The number of aromatic nitrogens is 4. The third kappa shape index (κ3) is 4.71. The Hall–Kier alpha value is -3.00. The molecule has 6 rings (SSSR count). The number of nitrogen functional groups attached to an aromatic ring is 1. The maximum atomic E-state index is 13.4. The Morgan fingerprint density at radius 1 is 1.28 bits per heavy atom. The van der Waals surface area contributed by atoms with E-state index in [1.807, 2.05) is 0 Å². The molecule has 2 aromatic heterocycles. The molecule has 3 aromatic rings. The first-order valence-electron chi connectivity index (χ1n) is 12.2. The summed E-state index contributed by atoms with van der Waals surface area (Å²) in [5.74, 6) is 0.177. The van der Waals surface area contributed by atoms with Crippen LogP contribution in [0, 0.1) is 0 Å². The SMILES string of the molecule is CCOc1nc(N)nc2ncn([C@@H]3O[C@H](CO[P@@]4(=O)OCC[C@@H](c5ccc(Cl)cc5)O4)[C@H]4OC(=O)O[C@]43C)c12. The molecule has 2 N–H and O–H groups in total. The fourth-order valence-electron chi connectivity index (χ4n) is 4.95. The first kappa shape index (κ1) is 26.2. The van der Waals surface area contributed by atoms with Crippen LogP contribution in [0.2, 0.25) is 5.02 Å². The molecule has 39 heavy (non-hydrogen) atoms. The second-order valence-electron chi connectivity index (χ2n) is 9.26. The number of nitrogens with two attached hydrogens (primary N) is 1. The number of nitrogens with zero attached hydrogens (tertiary/aromatic N) is 4. The lowest BCUT2D eigenvalue weighted by molar-refractivity contribution is -0.0924. The first-order chi connectivity index (χ1) is 18.7. The lowest BCUT2D eigenvalue weighted by atomic mass is 9.96. The van der Waals surface area contributed by atoms with Gasteiger partial charge in [0, 0.05) is 11.4 Å². The minimum atomic E-state index is -3.98. The van der Waals surface area contributed by atoms with Crippen LogP contribution in [0.4, 0.5) is 10.7 Å². The average Bonchev–Trinajstić information content (AvgIpc) is 3.52. The van der Waals surface area contributed by atoms with Crippen molar-refractivity contribution in [2.45, 2.75) is 50.4 Å². The predicted molar refractivity (Wildman–Crippen MR) is 134 cm³/mol. The van der Waals surface area contributed by atoms with Crippen LogP contribution >= 0.6 is 19.4 Å². The number of hydrogen-bond acceptors (Lipinski definition) is 13. The zero-order chi connectivity index (χ0) is 27.4. The van der Waals surface area contributed by atoms with Crippen LogP contribution in [0.5, 0.6) is 5.88 Å². The van der Waals surface area contributed by atoms with Crippen molar-refractivity contribution >= 4 is 42.7 Å². The Morgan fingerprint density at radius 2 is 2.08 bits per heavy atom. The van der Waals surface area contributed by atoms with Crippen LogP contribution < -0.4 is 10.5 Å². The lowest BCUT2D eigenvalue weighted by Gasteiger charge is -2.29. The molecule has 0 amide bonds. The highest BCUT2D eigenvalue weighted by atomic mass is 35.5. The molecular weight excluding hydrogens is 557 g/mol. The van der Waals surface area contributed by atoms with Gasteiger partial charge in [-0.1, -0.05) is 23.7 Å². The van der Waals surface area contributed by atoms with Gasteiger partial charge in [0.25, 0.3) is 0 Å². The molecule has 3 saturated heterocycles. The van der Waals surface area contributed by atoms with E-state index in [4.69, 9.17) is 49.9 Å². The molecule has 5 heterocycles. The molecule has 16 heteroatoms. The molecule has 14 nitrogen and oxygen atoms in total. The van der Waals surface area contributed by atoms with Gasteiger partial charge in [0.05, 0.1) is 25.9 Å². The van der Waals surface area contributed by atoms with Crippen molar-refractivity contribution in [3.05, 3.63) is 41.2 Å². The van der Waals surface area contributed by atoms with Crippen LogP contribution in [-0.4, -0.2) is 63.3 Å². The third-order valence-electron chi connectivity index (χ3n) is 6.69. The molecule has 3 fully saturated rings. The summed E-state index contributed by atoms with van der Waals surface area (Å²) in [7, 11) is -3.98. The summed E-state index contributed by atoms with van der Waals surface area (Å²) in [6, 6.07) is 7.02. The number of ether oxygens (including phenoxy) is 4. The second kappa shape index (κ2) is 9.88. The van der Waals surface area contributed by atoms with E-state index in [1.54, 1.807) is 42.7 Å². The summed E-state index contributed by atoms with van der Waals surface area (Å²) >= 11 is 5.98. The van der Waals surface area contributed by atoms with Crippen LogP contribution in [0.1, 0.15) is 38.2 Å². The van der Waals surface area contributed by atoms with E-state index in [9.17, 15) is 9.36 Å². The van der Waals surface area contributed by atoms with E-state index in [2.05, 4.69) is 15.0 Å². The summed E-state index contributed by atoms with van der Waals surface area (Å²) in [4.78, 5) is 24.9. The number of anilines is 1. The number of benzene rings is 1. The molecule has 0 saturated carbocycles. The van der Waals surface area contributed by atoms with Gasteiger partial charge in [-0.2, -0.15) is 9.97 Å². The van der Waals surface area contributed by atoms with E-state index < -0.39 is 44.1 Å². The zero-order valence-electron chi connectivity index (χ0n) is 20.9. The van der Waals surface area contributed by atoms with E-state index in [0.29, 0.717) is 23.6 Å². The van der Waals surface area contributed by atoms with E-state index in [-0.39, 0.29) is 30.7 Å². The average molecular weight is 582 g/mol. The predicted octanol–water partition coefficient (Wildman–Crippen LogP) is 3.96. The van der Waals surface area contributed by atoms with Crippen molar-refractivity contribution in [1.29, 1.82) is 0 Å². The Balaban J connectivity index is 1.25. The Kier molecular flexibility index (Phi) is 6.64. The van der Waals surface area contributed by atoms with Gasteiger partial charge in [-0.15, -0.1) is 0 Å². The molecule has 0 unspecified atom stereocenters. The van der Waals surface area contributed by atoms with E-state index >= 15 is 0 Å². The summed E-state index contributed by atoms with van der Waals surface area (Å²) in [5, 5.41) is 0.573. The minimum absolute atomic E-state index is 0.0105. The van der Waals surface area contributed by atoms with Gasteiger partial charge in [-0.3, -0.25) is 18.1 Å². The van der Waals surface area contributed by atoms with Crippen molar-refractivity contribution < 1.29 is 41.9 Å². The van der Waals surface area contributed by atoms with Crippen molar-refractivity contribution in [3.63, 3.8) is 0 Å². The summed E-state index contributed by atoms with van der Waals surface area (Å²) < 4.78 is 54.7. The highest BCUT2D eigenvalue weighted by Crippen LogP contribution is 2.58.